The molecule has 2 saturated heterocycles. The number of carbonyl (C=O) groups excluding carboxylic acids is 1. The highest BCUT2D eigenvalue weighted by Crippen LogP contribution is 2.28. The van der Waals surface area contributed by atoms with Gasteiger partial charge in [-0.1, -0.05) is 0 Å². The van der Waals surface area contributed by atoms with Crippen LogP contribution in [0.4, 0.5) is 0 Å². The molecule has 2 heterocycles. The van der Waals surface area contributed by atoms with Crippen molar-refractivity contribution in [3.63, 3.8) is 0 Å². The number of fused-ring (bicyclic) bond motifs is 1. The first-order chi connectivity index (χ1) is 6.68. The molecule has 2 rings (SSSR count). The fourth-order valence-electron chi connectivity index (χ4n) is 2.52. The second-order valence-corrected chi connectivity index (χ2v) is 4.43. The molecule has 80 valence electrons. The predicted molar refractivity (Wildman–Crippen MR) is 52.7 cm³/mol. The van der Waals surface area contributed by atoms with Gasteiger partial charge in [0, 0.05) is 13.1 Å². The molecule has 0 radical (unpaired) electrons. The molecule has 2 aliphatic rings. The van der Waals surface area contributed by atoms with E-state index in [1.165, 1.54) is 0 Å². The molecule has 3 atom stereocenters. The van der Waals surface area contributed by atoms with E-state index in [9.17, 15) is 9.90 Å². The molecule has 0 aliphatic carbocycles. The van der Waals surface area contributed by atoms with Crippen LogP contribution in [0.15, 0.2) is 0 Å². The van der Waals surface area contributed by atoms with E-state index >= 15 is 0 Å². The van der Waals surface area contributed by atoms with E-state index in [1.54, 1.807) is 6.92 Å². The standard InChI is InChI=1S/C10H18N2O2/c1-7(13)10(14)12-5-8-2-3-11-4-9(8)6-12/h7-9,11,13H,2-6H2,1H3/t7-,8?,9?/m1/s1. The maximum Gasteiger partial charge on any atom is 0.251 e. The van der Waals surface area contributed by atoms with Crippen LogP contribution in [0, 0.1) is 11.8 Å². The Hall–Kier alpha value is -0.610. The van der Waals surface area contributed by atoms with E-state index in [2.05, 4.69) is 5.32 Å². The molecule has 4 nitrogen and oxygen atoms in total. The van der Waals surface area contributed by atoms with E-state index < -0.39 is 6.10 Å². The van der Waals surface area contributed by atoms with Crippen LogP contribution < -0.4 is 5.32 Å². The molecular weight excluding hydrogens is 180 g/mol. The lowest BCUT2D eigenvalue weighted by molar-refractivity contribution is -0.138. The lowest BCUT2D eigenvalue weighted by Crippen LogP contribution is -2.37. The van der Waals surface area contributed by atoms with Crippen molar-refractivity contribution >= 4 is 5.91 Å². The van der Waals surface area contributed by atoms with Crippen molar-refractivity contribution < 1.29 is 9.90 Å². The Morgan fingerprint density at radius 1 is 1.50 bits per heavy atom. The number of hydrogen-bond donors (Lipinski definition) is 2. The molecule has 2 fully saturated rings. The van der Waals surface area contributed by atoms with Crippen LogP contribution in [0.25, 0.3) is 0 Å². The van der Waals surface area contributed by atoms with E-state index in [0.717, 1.165) is 32.6 Å². The Kier molecular flexibility index (Phi) is 2.74. The Morgan fingerprint density at radius 2 is 2.21 bits per heavy atom. The summed E-state index contributed by atoms with van der Waals surface area (Å²) in [6.07, 6.45) is 0.317. The lowest BCUT2D eigenvalue weighted by Gasteiger charge is -2.23. The van der Waals surface area contributed by atoms with Gasteiger partial charge in [-0.2, -0.15) is 0 Å². The van der Waals surface area contributed by atoms with Gasteiger partial charge in [0.25, 0.3) is 5.91 Å². The fraction of sp³-hybridized carbons (Fsp3) is 0.900. The van der Waals surface area contributed by atoms with Crippen molar-refractivity contribution in [1.82, 2.24) is 10.2 Å². The first-order valence-corrected chi connectivity index (χ1v) is 5.36. The van der Waals surface area contributed by atoms with Gasteiger partial charge in [0.05, 0.1) is 0 Å². The van der Waals surface area contributed by atoms with Crippen molar-refractivity contribution in [3.05, 3.63) is 0 Å². The number of hydrogen-bond acceptors (Lipinski definition) is 3. The molecule has 0 aromatic carbocycles. The first kappa shape index (κ1) is 9.93. The third-order valence-electron chi connectivity index (χ3n) is 3.34. The molecule has 4 heteroatoms. The van der Waals surface area contributed by atoms with Gasteiger partial charge in [-0.15, -0.1) is 0 Å². The number of amides is 1. The van der Waals surface area contributed by atoms with Gasteiger partial charge in [0.15, 0.2) is 0 Å². The first-order valence-electron chi connectivity index (χ1n) is 5.36. The average Bonchev–Trinajstić information content (AvgIpc) is 2.59. The summed E-state index contributed by atoms with van der Waals surface area (Å²) in [7, 11) is 0. The largest absolute Gasteiger partial charge is 0.384 e. The van der Waals surface area contributed by atoms with Crippen LogP contribution in [0.3, 0.4) is 0 Å². The van der Waals surface area contributed by atoms with E-state index in [4.69, 9.17) is 0 Å². The quantitative estimate of drug-likeness (QED) is 0.593. The zero-order valence-corrected chi connectivity index (χ0v) is 8.57. The molecule has 1 amide bonds. The minimum atomic E-state index is -0.844. The topological polar surface area (TPSA) is 52.6 Å². The van der Waals surface area contributed by atoms with Crippen LogP contribution in [0.2, 0.25) is 0 Å². The number of aliphatic hydroxyl groups is 1. The second kappa shape index (κ2) is 3.87. The molecule has 0 saturated carbocycles. The lowest BCUT2D eigenvalue weighted by atomic mass is 9.90. The minimum absolute atomic E-state index is 0.112. The van der Waals surface area contributed by atoms with Crippen LogP contribution in [-0.4, -0.2) is 48.2 Å². The van der Waals surface area contributed by atoms with Gasteiger partial charge >= 0.3 is 0 Å². The summed E-state index contributed by atoms with van der Waals surface area (Å²) in [6.45, 7) is 5.30. The monoisotopic (exact) mass is 198 g/mol. The molecule has 0 aromatic rings. The highest BCUT2D eigenvalue weighted by atomic mass is 16.3. The number of nitrogens with zero attached hydrogens (tertiary/aromatic N) is 1. The van der Waals surface area contributed by atoms with Crippen molar-refractivity contribution in [2.75, 3.05) is 26.2 Å². The third-order valence-corrected chi connectivity index (χ3v) is 3.34. The highest BCUT2D eigenvalue weighted by molar-refractivity contribution is 5.80. The van der Waals surface area contributed by atoms with Crippen LogP contribution >= 0.6 is 0 Å². The number of piperidine rings is 1. The maximum atomic E-state index is 11.5. The molecule has 0 bridgehead atoms. The van der Waals surface area contributed by atoms with E-state index in [-0.39, 0.29) is 5.91 Å². The van der Waals surface area contributed by atoms with Crippen LogP contribution in [-0.2, 0) is 4.79 Å². The van der Waals surface area contributed by atoms with Gasteiger partial charge in [-0.05, 0) is 38.3 Å². The van der Waals surface area contributed by atoms with Crippen LogP contribution in [0.1, 0.15) is 13.3 Å². The Bertz CT molecular complexity index is 216. The summed E-state index contributed by atoms with van der Waals surface area (Å²) < 4.78 is 0. The van der Waals surface area contributed by atoms with Gasteiger partial charge in [-0.3, -0.25) is 4.79 Å². The summed E-state index contributed by atoms with van der Waals surface area (Å²) in [4.78, 5) is 13.4. The molecule has 2 aliphatic heterocycles. The molecule has 0 spiro atoms. The zero-order valence-electron chi connectivity index (χ0n) is 8.57. The SMILES string of the molecule is C[C@@H](O)C(=O)N1CC2CCNCC2C1. The highest BCUT2D eigenvalue weighted by Gasteiger charge is 2.37. The Morgan fingerprint density at radius 3 is 2.86 bits per heavy atom. The second-order valence-electron chi connectivity index (χ2n) is 4.43. The summed E-state index contributed by atoms with van der Waals surface area (Å²) in [5.41, 5.74) is 0. The molecule has 2 unspecified atom stereocenters. The van der Waals surface area contributed by atoms with Gasteiger partial charge in [0.2, 0.25) is 0 Å². The van der Waals surface area contributed by atoms with Crippen LogP contribution in [0.5, 0.6) is 0 Å². The number of nitrogens with one attached hydrogen (secondary N) is 1. The molecule has 0 aromatic heterocycles. The zero-order chi connectivity index (χ0) is 10.1. The number of aliphatic hydroxyl groups excluding tert-OH is 1. The van der Waals surface area contributed by atoms with Crippen molar-refractivity contribution in [3.8, 4) is 0 Å². The molecule has 14 heavy (non-hydrogen) atoms. The average molecular weight is 198 g/mol. The van der Waals surface area contributed by atoms with Crippen molar-refractivity contribution in [2.24, 2.45) is 11.8 Å². The minimum Gasteiger partial charge on any atom is -0.384 e. The third kappa shape index (κ3) is 1.77. The van der Waals surface area contributed by atoms with Gasteiger partial charge < -0.3 is 15.3 Å². The predicted octanol–water partition coefficient (Wildman–Crippen LogP) is -0.565. The summed E-state index contributed by atoms with van der Waals surface area (Å²) >= 11 is 0. The normalized spacial score (nSPS) is 34.0. The number of likely N-dealkylation sites (tertiary alicyclic amines) is 1. The number of rotatable bonds is 1. The molecular formula is C10H18N2O2. The molecule has 2 N–H and O–H groups in total. The summed E-state index contributed by atoms with van der Waals surface area (Å²) in [5, 5.41) is 12.6. The summed E-state index contributed by atoms with van der Waals surface area (Å²) in [6, 6.07) is 0. The van der Waals surface area contributed by atoms with Crippen molar-refractivity contribution in [1.29, 1.82) is 0 Å². The van der Waals surface area contributed by atoms with Gasteiger partial charge in [0.1, 0.15) is 6.10 Å². The summed E-state index contributed by atoms with van der Waals surface area (Å²) in [5.74, 6) is 1.14. The Balaban J connectivity index is 1.95. The van der Waals surface area contributed by atoms with E-state index in [0.29, 0.717) is 11.8 Å². The number of carbonyl (C=O) groups is 1. The van der Waals surface area contributed by atoms with Crippen molar-refractivity contribution in [2.45, 2.75) is 19.4 Å². The maximum absolute atomic E-state index is 11.5. The fourth-order valence-corrected chi connectivity index (χ4v) is 2.52. The Labute approximate surface area is 84.3 Å². The smallest absolute Gasteiger partial charge is 0.251 e. The van der Waals surface area contributed by atoms with Gasteiger partial charge in [-0.25, -0.2) is 0 Å². The van der Waals surface area contributed by atoms with E-state index in [1.807, 2.05) is 4.90 Å².